The molecule has 0 spiro atoms. The van der Waals surface area contributed by atoms with E-state index < -0.39 is 20.4 Å². The highest BCUT2D eigenvalue weighted by Crippen LogP contribution is 2.50. The molecule has 0 N–H and O–H groups in total. The lowest BCUT2D eigenvalue weighted by Crippen LogP contribution is -2.66. The smallest absolute Gasteiger partial charge is 0.410 e. The van der Waals surface area contributed by atoms with Gasteiger partial charge in [-0.3, -0.25) is 4.79 Å². The summed E-state index contributed by atoms with van der Waals surface area (Å²) in [5.41, 5.74) is 1.21. The monoisotopic (exact) mass is 448 g/mol. The maximum absolute atomic E-state index is 13.1. The Morgan fingerprint density at radius 1 is 1.19 bits per heavy atom. The van der Waals surface area contributed by atoms with Crippen LogP contribution in [0.1, 0.15) is 13.3 Å². The van der Waals surface area contributed by atoms with Crippen LogP contribution in [0.15, 0.2) is 36.6 Å². The maximum Gasteiger partial charge on any atom is 0.410 e. The third kappa shape index (κ3) is 4.47. The highest BCUT2D eigenvalue weighted by molar-refractivity contribution is 6.69. The molecular weight excluding hydrogens is 416 g/mol. The Hall–Kier alpha value is -2.39. The van der Waals surface area contributed by atoms with Crippen LogP contribution in [-0.4, -0.2) is 74.5 Å². The first-order chi connectivity index (χ1) is 14.6. The minimum atomic E-state index is -1.87. The van der Waals surface area contributed by atoms with Gasteiger partial charge in [-0.1, -0.05) is 25.3 Å². The maximum atomic E-state index is 13.1. The van der Waals surface area contributed by atoms with Crippen molar-refractivity contribution >= 4 is 26.3 Å². The van der Waals surface area contributed by atoms with Crippen LogP contribution < -0.4 is 0 Å². The van der Waals surface area contributed by atoms with E-state index in [0.717, 1.165) is 5.57 Å². The Bertz CT molecular complexity index is 817. The molecule has 31 heavy (non-hydrogen) atoms. The van der Waals surface area contributed by atoms with Crippen LogP contribution >= 0.6 is 0 Å². The lowest BCUT2D eigenvalue weighted by molar-refractivity contribution is -0.163. The van der Waals surface area contributed by atoms with Crippen molar-refractivity contribution in [3.63, 3.8) is 0 Å². The van der Waals surface area contributed by atoms with Crippen molar-refractivity contribution in [1.29, 1.82) is 0 Å². The number of carbonyl (C=O) groups is 3. The fourth-order valence-corrected chi connectivity index (χ4v) is 6.06. The average Bonchev–Trinajstić information content (AvgIpc) is 2.98. The Balaban J connectivity index is 1.87. The van der Waals surface area contributed by atoms with E-state index >= 15 is 0 Å². The topological polar surface area (TPSA) is 85.4 Å². The van der Waals surface area contributed by atoms with E-state index in [1.54, 1.807) is 9.80 Å². The van der Waals surface area contributed by atoms with Gasteiger partial charge in [-0.15, -0.1) is 0 Å². The van der Waals surface area contributed by atoms with Gasteiger partial charge in [-0.25, -0.2) is 9.59 Å². The first-order valence-corrected chi connectivity index (χ1v) is 14.1. The number of carbonyl (C=O) groups excluding carboxylic acids is 3. The third-order valence-corrected chi connectivity index (χ3v) is 6.89. The Morgan fingerprint density at radius 3 is 2.45 bits per heavy atom. The molecule has 2 amide bonds. The number of amides is 2. The van der Waals surface area contributed by atoms with Gasteiger partial charge in [0.05, 0.1) is 18.1 Å². The molecular formula is C22H32N2O6Si. The molecule has 2 saturated heterocycles. The molecule has 0 aromatic rings. The second-order valence-electron chi connectivity index (χ2n) is 9.09. The van der Waals surface area contributed by atoms with E-state index in [2.05, 4.69) is 32.8 Å². The van der Waals surface area contributed by atoms with Gasteiger partial charge in [0.2, 0.25) is 5.91 Å². The molecule has 2 fully saturated rings. The minimum Gasteiger partial charge on any atom is -0.457 e. The van der Waals surface area contributed by atoms with Crippen molar-refractivity contribution < 1.29 is 28.3 Å². The molecule has 0 bridgehead atoms. The summed E-state index contributed by atoms with van der Waals surface area (Å²) in [7, 11) is -1.87. The van der Waals surface area contributed by atoms with Gasteiger partial charge in [0.25, 0.3) is 0 Å². The third-order valence-electron chi connectivity index (χ3n) is 5.82. The zero-order chi connectivity index (χ0) is 22.9. The lowest BCUT2D eigenvalue weighted by Gasteiger charge is -2.50. The molecule has 170 valence electrons. The summed E-state index contributed by atoms with van der Waals surface area (Å²) < 4.78 is 16.7. The van der Waals surface area contributed by atoms with Crippen LogP contribution in [-0.2, 0) is 23.5 Å². The second kappa shape index (κ2) is 9.00. The number of ether oxygens (including phenoxy) is 2. The fourth-order valence-electron chi connectivity index (χ4n) is 4.79. The number of β-lactam (4-membered cyclic amide) rings is 1. The van der Waals surface area contributed by atoms with Crippen molar-refractivity contribution in [1.82, 2.24) is 9.80 Å². The highest BCUT2D eigenvalue weighted by atomic mass is 28.4. The average molecular weight is 449 g/mol. The van der Waals surface area contributed by atoms with E-state index in [0.29, 0.717) is 25.2 Å². The summed E-state index contributed by atoms with van der Waals surface area (Å²) in [5.74, 6) is -1.15. The van der Waals surface area contributed by atoms with Crippen molar-refractivity contribution in [2.24, 2.45) is 11.8 Å². The quantitative estimate of drug-likeness (QED) is 0.246. The Kier molecular flexibility index (Phi) is 6.75. The predicted molar refractivity (Wildman–Crippen MR) is 117 cm³/mol. The summed E-state index contributed by atoms with van der Waals surface area (Å²) in [6.07, 6.45) is 2.82. The summed E-state index contributed by atoms with van der Waals surface area (Å²) >= 11 is 0. The summed E-state index contributed by atoms with van der Waals surface area (Å²) in [6.45, 7) is 16.3. The Morgan fingerprint density at radius 2 is 1.84 bits per heavy atom. The molecule has 0 saturated carbocycles. The molecule has 3 aliphatic rings. The van der Waals surface area contributed by atoms with Crippen LogP contribution in [0.4, 0.5) is 4.79 Å². The van der Waals surface area contributed by atoms with E-state index in [1.165, 1.54) is 12.2 Å². The Labute approximate surface area is 184 Å². The van der Waals surface area contributed by atoms with E-state index in [4.69, 9.17) is 13.9 Å². The molecule has 0 radical (unpaired) electrons. The molecule has 3 rings (SSSR count). The highest BCUT2D eigenvalue weighted by Gasteiger charge is 2.62. The van der Waals surface area contributed by atoms with Crippen molar-refractivity contribution in [2.75, 3.05) is 26.3 Å². The predicted octanol–water partition coefficient (Wildman–Crippen LogP) is 2.69. The van der Waals surface area contributed by atoms with Crippen LogP contribution in [0.2, 0.25) is 19.6 Å². The summed E-state index contributed by atoms with van der Waals surface area (Å²) in [4.78, 5) is 41.6. The van der Waals surface area contributed by atoms with Gasteiger partial charge >= 0.3 is 12.1 Å². The van der Waals surface area contributed by atoms with Gasteiger partial charge < -0.3 is 23.7 Å². The number of hydrogen-bond donors (Lipinski definition) is 0. The van der Waals surface area contributed by atoms with Gasteiger partial charge in [0.1, 0.15) is 18.9 Å². The van der Waals surface area contributed by atoms with Crippen molar-refractivity contribution in [3.05, 3.63) is 36.6 Å². The van der Waals surface area contributed by atoms with Crippen molar-refractivity contribution in [2.45, 2.75) is 45.1 Å². The molecule has 0 unspecified atom stereocenters. The van der Waals surface area contributed by atoms with E-state index in [1.807, 2.05) is 6.92 Å². The SMILES string of the molecule is C=CCOC(=O)C1=C2CCN(C(=O)OCC=C)C[C@H]2[C@@H]2[C@@H]([C@@H](C)O[Si](C)(C)C)C(=O)N12. The molecule has 0 aliphatic carbocycles. The molecule has 3 aliphatic heterocycles. The van der Waals surface area contributed by atoms with E-state index in [-0.39, 0.29) is 43.1 Å². The van der Waals surface area contributed by atoms with Gasteiger partial charge in [-0.2, -0.15) is 0 Å². The second-order valence-corrected chi connectivity index (χ2v) is 13.5. The van der Waals surface area contributed by atoms with Crippen LogP contribution in [0.3, 0.4) is 0 Å². The number of piperidine rings is 1. The summed E-state index contributed by atoms with van der Waals surface area (Å²) in [6, 6.07) is -0.227. The first-order valence-electron chi connectivity index (χ1n) is 10.6. The van der Waals surface area contributed by atoms with E-state index in [9.17, 15) is 14.4 Å². The van der Waals surface area contributed by atoms with Crippen molar-refractivity contribution in [3.8, 4) is 0 Å². The standard InChI is InChI=1S/C22H32N2O6Si/c1-7-11-28-21(26)19-15-9-10-23(22(27)29-12-8-2)13-16(15)18-17(20(25)24(18)19)14(3)30-31(4,5)6/h7-8,14,16-18H,1-2,9-13H2,3-6H3/t14-,16-,17-,18-/m1/s1. The zero-order valence-corrected chi connectivity index (χ0v) is 19.8. The number of esters is 1. The number of rotatable bonds is 8. The molecule has 9 heteroatoms. The number of likely N-dealkylation sites (tertiary alicyclic amines) is 1. The molecule has 8 nitrogen and oxygen atoms in total. The number of nitrogens with zero attached hydrogens (tertiary/aromatic N) is 2. The zero-order valence-electron chi connectivity index (χ0n) is 18.8. The number of fused-ring (bicyclic) bond motifs is 3. The van der Waals surface area contributed by atoms with Gasteiger partial charge in [-0.05, 0) is 38.6 Å². The molecule has 0 aromatic heterocycles. The van der Waals surface area contributed by atoms with Gasteiger partial charge in [0.15, 0.2) is 8.32 Å². The molecule has 0 aromatic carbocycles. The molecule has 4 atom stereocenters. The normalized spacial score (nSPS) is 25.9. The van der Waals surface area contributed by atoms with Crippen LogP contribution in [0.5, 0.6) is 0 Å². The number of hydrogen-bond acceptors (Lipinski definition) is 6. The fraction of sp³-hybridized carbons (Fsp3) is 0.591. The molecule has 3 heterocycles. The van der Waals surface area contributed by atoms with Crippen LogP contribution in [0.25, 0.3) is 0 Å². The minimum absolute atomic E-state index is 0.0749. The largest absolute Gasteiger partial charge is 0.457 e. The lowest BCUT2D eigenvalue weighted by atomic mass is 9.75. The first kappa shape index (κ1) is 23.3. The summed E-state index contributed by atoms with van der Waals surface area (Å²) in [5, 5.41) is 0. The van der Waals surface area contributed by atoms with Gasteiger partial charge in [0, 0.05) is 19.0 Å². The van der Waals surface area contributed by atoms with Crippen LogP contribution in [0, 0.1) is 11.8 Å².